The second-order valence-electron chi connectivity index (χ2n) is 5.03. The molecule has 0 aliphatic heterocycles. The summed E-state index contributed by atoms with van der Waals surface area (Å²) in [6.45, 7) is 5.71. The van der Waals surface area contributed by atoms with Crippen LogP contribution in [0.4, 0.5) is 0 Å². The zero-order valence-corrected chi connectivity index (χ0v) is 11.8. The Hall–Kier alpha value is -1.81. The Morgan fingerprint density at radius 1 is 1.65 bits per heavy atom. The first-order valence-corrected chi connectivity index (χ1v) is 6.98. The van der Waals surface area contributed by atoms with Crippen LogP contribution in [0.1, 0.15) is 37.0 Å². The summed E-state index contributed by atoms with van der Waals surface area (Å²) in [5.41, 5.74) is 1.95. The number of hydrogen-bond acceptors (Lipinski definition) is 3. The van der Waals surface area contributed by atoms with Crippen molar-refractivity contribution in [3.63, 3.8) is 0 Å². The van der Waals surface area contributed by atoms with Crippen molar-refractivity contribution in [1.29, 1.82) is 0 Å². The zero-order valence-electron chi connectivity index (χ0n) is 11.8. The first-order chi connectivity index (χ1) is 9.63. The summed E-state index contributed by atoms with van der Waals surface area (Å²) in [5, 5.41) is 12.7. The molecule has 2 rings (SSSR count). The van der Waals surface area contributed by atoms with Crippen LogP contribution >= 0.6 is 0 Å². The molecule has 0 heterocycles. The number of carbonyl (C=O) groups excluding carboxylic acids is 1. The molecule has 0 fully saturated rings. The molecule has 0 spiro atoms. The van der Waals surface area contributed by atoms with Crippen molar-refractivity contribution in [1.82, 2.24) is 5.32 Å². The Balaban J connectivity index is 2.12. The van der Waals surface area contributed by atoms with Crippen LogP contribution in [-0.4, -0.2) is 23.7 Å². The number of ether oxygens (including phenoxy) is 1. The summed E-state index contributed by atoms with van der Waals surface area (Å²) in [6, 6.07) is 5.64. The van der Waals surface area contributed by atoms with Crippen molar-refractivity contribution in [2.75, 3.05) is 6.54 Å². The molecule has 4 nitrogen and oxygen atoms in total. The number of rotatable bonds is 5. The van der Waals surface area contributed by atoms with Crippen LogP contribution in [-0.2, 0) is 11.2 Å². The molecule has 2 atom stereocenters. The monoisotopic (exact) mass is 275 g/mol. The molecular weight excluding hydrogens is 254 g/mol. The van der Waals surface area contributed by atoms with E-state index in [1.807, 2.05) is 18.2 Å². The maximum atomic E-state index is 11.8. The lowest BCUT2D eigenvalue weighted by atomic mass is 9.89. The quantitative estimate of drug-likeness (QED) is 0.809. The molecule has 4 heteroatoms. The van der Waals surface area contributed by atoms with Gasteiger partial charge in [-0.2, -0.15) is 0 Å². The molecule has 1 amide bonds. The van der Waals surface area contributed by atoms with Gasteiger partial charge in [0.2, 0.25) is 0 Å². The number of hydrogen-bond donors (Lipinski definition) is 2. The third-order valence-corrected chi connectivity index (χ3v) is 3.53. The zero-order chi connectivity index (χ0) is 14.5. The normalized spacial score (nSPS) is 18.8. The van der Waals surface area contributed by atoms with E-state index in [1.165, 1.54) is 0 Å². The van der Waals surface area contributed by atoms with Crippen LogP contribution < -0.4 is 10.1 Å². The van der Waals surface area contributed by atoms with Gasteiger partial charge in [0, 0.05) is 6.54 Å². The standard InChI is InChI=1S/C16H21NO3/c1-3-10-17-16(19)11(2)20-15-9-5-6-12-13(15)7-4-8-14(12)18/h3,5-6,9,11,14,18H,1,4,7-8,10H2,2H3,(H,17,19). The van der Waals surface area contributed by atoms with Gasteiger partial charge in [-0.3, -0.25) is 4.79 Å². The first kappa shape index (κ1) is 14.6. The van der Waals surface area contributed by atoms with E-state index in [9.17, 15) is 9.90 Å². The molecule has 2 unspecified atom stereocenters. The third kappa shape index (κ3) is 3.20. The molecule has 0 radical (unpaired) electrons. The second kappa shape index (κ2) is 6.57. The smallest absolute Gasteiger partial charge is 0.261 e. The van der Waals surface area contributed by atoms with E-state index < -0.39 is 12.2 Å². The Kier molecular flexibility index (Phi) is 4.79. The summed E-state index contributed by atoms with van der Waals surface area (Å²) in [6.07, 6.45) is 3.24. The van der Waals surface area contributed by atoms with Gasteiger partial charge in [0.25, 0.3) is 5.91 Å². The van der Waals surface area contributed by atoms with E-state index in [-0.39, 0.29) is 5.91 Å². The second-order valence-corrected chi connectivity index (χ2v) is 5.03. The summed E-state index contributed by atoms with van der Waals surface area (Å²) in [4.78, 5) is 11.8. The van der Waals surface area contributed by atoms with Gasteiger partial charge < -0.3 is 15.2 Å². The number of carbonyl (C=O) groups is 1. The average Bonchev–Trinajstić information content (AvgIpc) is 2.45. The van der Waals surface area contributed by atoms with Crippen molar-refractivity contribution >= 4 is 5.91 Å². The molecule has 1 aromatic rings. The Morgan fingerprint density at radius 3 is 3.20 bits per heavy atom. The highest BCUT2D eigenvalue weighted by Gasteiger charge is 2.23. The molecule has 20 heavy (non-hydrogen) atoms. The topological polar surface area (TPSA) is 58.6 Å². The van der Waals surface area contributed by atoms with Gasteiger partial charge in [0.15, 0.2) is 6.10 Å². The van der Waals surface area contributed by atoms with Crippen LogP contribution in [0.25, 0.3) is 0 Å². The fourth-order valence-corrected chi connectivity index (χ4v) is 2.46. The van der Waals surface area contributed by atoms with Gasteiger partial charge >= 0.3 is 0 Å². The van der Waals surface area contributed by atoms with Crippen molar-refractivity contribution in [2.45, 2.75) is 38.4 Å². The molecule has 1 aromatic carbocycles. The first-order valence-electron chi connectivity index (χ1n) is 6.98. The van der Waals surface area contributed by atoms with Crippen molar-refractivity contribution < 1.29 is 14.6 Å². The SMILES string of the molecule is C=CCNC(=O)C(C)Oc1cccc2c1CCCC2O. The maximum absolute atomic E-state index is 11.8. The largest absolute Gasteiger partial charge is 0.481 e. The highest BCUT2D eigenvalue weighted by atomic mass is 16.5. The fraction of sp³-hybridized carbons (Fsp3) is 0.438. The van der Waals surface area contributed by atoms with Gasteiger partial charge in [-0.05, 0) is 43.4 Å². The lowest BCUT2D eigenvalue weighted by Gasteiger charge is -2.25. The van der Waals surface area contributed by atoms with Crippen LogP contribution in [0.2, 0.25) is 0 Å². The van der Waals surface area contributed by atoms with Crippen LogP contribution in [0, 0.1) is 0 Å². The number of aliphatic hydroxyl groups excluding tert-OH is 1. The van der Waals surface area contributed by atoms with Crippen molar-refractivity contribution in [3.05, 3.63) is 42.0 Å². The van der Waals surface area contributed by atoms with Crippen LogP contribution in [0.3, 0.4) is 0 Å². The molecule has 2 N–H and O–H groups in total. The molecule has 0 aromatic heterocycles. The summed E-state index contributed by atoms with van der Waals surface area (Å²) >= 11 is 0. The van der Waals surface area contributed by atoms with Gasteiger partial charge in [-0.15, -0.1) is 6.58 Å². The Bertz CT molecular complexity index is 498. The fourth-order valence-electron chi connectivity index (χ4n) is 2.46. The molecule has 0 bridgehead atoms. The van der Waals surface area contributed by atoms with Gasteiger partial charge in [0.1, 0.15) is 5.75 Å². The third-order valence-electron chi connectivity index (χ3n) is 3.53. The minimum Gasteiger partial charge on any atom is -0.481 e. The van der Waals surface area contributed by atoms with E-state index in [0.29, 0.717) is 12.3 Å². The maximum Gasteiger partial charge on any atom is 0.261 e. The van der Waals surface area contributed by atoms with Crippen molar-refractivity contribution in [2.24, 2.45) is 0 Å². The minimum atomic E-state index is -0.569. The minimum absolute atomic E-state index is 0.168. The number of fused-ring (bicyclic) bond motifs is 1. The predicted molar refractivity (Wildman–Crippen MR) is 77.6 cm³/mol. The number of nitrogens with one attached hydrogen (secondary N) is 1. The molecule has 108 valence electrons. The number of amides is 1. The predicted octanol–water partition coefficient (Wildman–Crippen LogP) is 2.13. The van der Waals surface area contributed by atoms with Gasteiger partial charge in [-0.25, -0.2) is 0 Å². The summed E-state index contributed by atoms with van der Waals surface area (Å²) in [5.74, 6) is 0.529. The Morgan fingerprint density at radius 2 is 2.45 bits per heavy atom. The number of benzene rings is 1. The summed E-state index contributed by atoms with van der Waals surface area (Å²) in [7, 11) is 0. The Labute approximate surface area is 119 Å². The molecule has 0 saturated heterocycles. The summed E-state index contributed by atoms with van der Waals surface area (Å²) < 4.78 is 5.76. The molecule has 0 saturated carbocycles. The van der Waals surface area contributed by atoms with E-state index in [2.05, 4.69) is 11.9 Å². The lowest BCUT2D eigenvalue weighted by Crippen LogP contribution is -2.36. The van der Waals surface area contributed by atoms with Crippen LogP contribution in [0.5, 0.6) is 5.75 Å². The van der Waals surface area contributed by atoms with E-state index >= 15 is 0 Å². The number of aliphatic hydroxyl groups is 1. The van der Waals surface area contributed by atoms with E-state index in [4.69, 9.17) is 4.74 Å². The highest BCUT2D eigenvalue weighted by molar-refractivity contribution is 5.80. The van der Waals surface area contributed by atoms with Crippen LogP contribution in [0.15, 0.2) is 30.9 Å². The van der Waals surface area contributed by atoms with Crippen molar-refractivity contribution in [3.8, 4) is 5.75 Å². The van der Waals surface area contributed by atoms with Gasteiger partial charge in [0.05, 0.1) is 6.10 Å². The molecule has 1 aliphatic rings. The lowest BCUT2D eigenvalue weighted by molar-refractivity contribution is -0.127. The van der Waals surface area contributed by atoms with Gasteiger partial charge in [-0.1, -0.05) is 18.2 Å². The highest BCUT2D eigenvalue weighted by Crippen LogP contribution is 2.35. The molecular formula is C16H21NO3. The van der Waals surface area contributed by atoms with E-state index in [0.717, 1.165) is 30.4 Å². The van der Waals surface area contributed by atoms with E-state index in [1.54, 1.807) is 13.0 Å². The molecule has 1 aliphatic carbocycles. The average molecular weight is 275 g/mol.